The highest BCUT2D eigenvalue weighted by atomic mass is 35.5. The minimum atomic E-state index is -1.13. The van der Waals surface area contributed by atoms with Gasteiger partial charge in [0.25, 0.3) is 11.6 Å². The molecule has 22 heavy (non-hydrogen) atoms. The molecule has 8 heteroatoms. The highest BCUT2D eigenvalue weighted by molar-refractivity contribution is 6.32. The van der Waals surface area contributed by atoms with Crippen molar-refractivity contribution in [1.29, 1.82) is 0 Å². The van der Waals surface area contributed by atoms with E-state index in [2.05, 4.69) is 5.32 Å². The number of aromatic carboxylic acids is 1. The molecule has 0 radical (unpaired) electrons. The lowest BCUT2D eigenvalue weighted by Crippen LogP contribution is -2.12. The van der Waals surface area contributed by atoms with Crippen LogP contribution in [0.5, 0.6) is 0 Å². The number of nitrogens with one attached hydrogen (secondary N) is 1. The first-order chi connectivity index (χ1) is 10.4. The fourth-order valence-electron chi connectivity index (χ4n) is 1.73. The average Bonchev–Trinajstić information content (AvgIpc) is 2.47. The molecule has 0 saturated carbocycles. The van der Waals surface area contributed by atoms with Gasteiger partial charge in [-0.2, -0.15) is 0 Å². The quantitative estimate of drug-likeness (QED) is 0.664. The molecule has 0 aliphatic rings. The van der Waals surface area contributed by atoms with Crippen molar-refractivity contribution in [3.05, 3.63) is 68.7 Å². The molecule has 112 valence electrons. The molecule has 0 bridgehead atoms. The topological polar surface area (TPSA) is 110 Å². The second-order valence-electron chi connectivity index (χ2n) is 4.26. The zero-order valence-corrected chi connectivity index (χ0v) is 11.7. The molecular formula is C14H9ClN2O5. The number of halogens is 1. The van der Waals surface area contributed by atoms with E-state index in [0.29, 0.717) is 0 Å². The van der Waals surface area contributed by atoms with Crippen LogP contribution in [0.25, 0.3) is 0 Å². The van der Waals surface area contributed by atoms with Crippen LogP contribution in [0.2, 0.25) is 5.02 Å². The lowest BCUT2D eigenvalue weighted by Gasteiger charge is -2.06. The Kier molecular flexibility index (Phi) is 4.38. The molecule has 0 unspecified atom stereocenters. The number of carboxylic acids is 1. The Balaban J connectivity index is 2.26. The Labute approximate surface area is 129 Å². The van der Waals surface area contributed by atoms with Gasteiger partial charge < -0.3 is 10.4 Å². The van der Waals surface area contributed by atoms with Crippen LogP contribution >= 0.6 is 11.6 Å². The number of anilines is 1. The first kappa shape index (κ1) is 15.5. The Hall–Kier alpha value is -2.93. The Morgan fingerprint density at radius 1 is 1.14 bits per heavy atom. The molecular weight excluding hydrogens is 312 g/mol. The summed E-state index contributed by atoms with van der Waals surface area (Å²) in [5.74, 6) is -1.74. The van der Waals surface area contributed by atoms with Crippen LogP contribution in [0.1, 0.15) is 20.7 Å². The molecule has 2 N–H and O–H groups in total. The van der Waals surface area contributed by atoms with Crippen LogP contribution in [-0.2, 0) is 0 Å². The number of nitro benzene ring substituents is 1. The monoisotopic (exact) mass is 320 g/mol. The fourth-order valence-corrected chi connectivity index (χ4v) is 1.91. The second-order valence-corrected chi connectivity index (χ2v) is 4.67. The zero-order chi connectivity index (χ0) is 16.3. The standard InChI is InChI=1S/C14H9ClN2O5/c15-11-5-4-8(7-12(11)17(21)22)13(18)16-10-3-1-2-9(6-10)14(19)20/h1-7H,(H,16,18)(H,19,20). The second kappa shape index (κ2) is 6.23. The van der Waals surface area contributed by atoms with Gasteiger partial charge in [0.2, 0.25) is 0 Å². The van der Waals surface area contributed by atoms with E-state index in [4.69, 9.17) is 16.7 Å². The molecule has 1 amide bonds. The van der Waals surface area contributed by atoms with Gasteiger partial charge in [-0.15, -0.1) is 0 Å². The number of carboxylic acid groups (broad SMARTS) is 1. The summed E-state index contributed by atoms with van der Waals surface area (Å²) >= 11 is 5.67. The van der Waals surface area contributed by atoms with E-state index >= 15 is 0 Å². The molecule has 0 spiro atoms. The molecule has 0 saturated heterocycles. The summed E-state index contributed by atoms with van der Waals surface area (Å²) in [6.45, 7) is 0. The smallest absolute Gasteiger partial charge is 0.335 e. The van der Waals surface area contributed by atoms with Crippen LogP contribution in [-0.4, -0.2) is 21.9 Å². The van der Waals surface area contributed by atoms with Gasteiger partial charge in [0, 0.05) is 17.3 Å². The molecule has 7 nitrogen and oxygen atoms in total. The number of rotatable bonds is 4. The van der Waals surface area contributed by atoms with E-state index in [-0.39, 0.29) is 27.5 Å². The van der Waals surface area contributed by atoms with Crippen molar-refractivity contribution < 1.29 is 19.6 Å². The van der Waals surface area contributed by atoms with Crippen molar-refractivity contribution in [2.45, 2.75) is 0 Å². The van der Waals surface area contributed by atoms with Crippen molar-refractivity contribution in [1.82, 2.24) is 0 Å². The molecule has 0 aromatic heterocycles. The van der Waals surface area contributed by atoms with E-state index in [0.717, 1.165) is 6.07 Å². The maximum atomic E-state index is 12.1. The van der Waals surface area contributed by atoms with Gasteiger partial charge in [-0.25, -0.2) is 4.79 Å². The normalized spacial score (nSPS) is 10.0. The Morgan fingerprint density at radius 2 is 1.86 bits per heavy atom. The molecule has 0 heterocycles. The molecule has 0 fully saturated rings. The maximum absolute atomic E-state index is 12.1. The van der Waals surface area contributed by atoms with E-state index in [9.17, 15) is 19.7 Å². The number of hydrogen-bond donors (Lipinski definition) is 2. The number of benzene rings is 2. The van der Waals surface area contributed by atoms with Gasteiger partial charge in [-0.3, -0.25) is 14.9 Å². The summed E-state index contributed by atoms with van der Waals surface area (Å²) in [5.41, 5.74) is -0.0622. The summed E-state index contributed by atoms with van der Waals surface area (Å²) in [4.78, 5) is 33.0. The van der Waals surface area contributed by atoms with Gasteiger partial charge in [-0.1, -0.05) is 17.7 Å². The average molecular weight is 321 g/mol. The van der Waals surface area contributed by atoms with Crippen LogP contribution in [0.4, 0.5) is 11.4 Å². The first-order valence-corrected chi connectivity index (χ1v) is 6.35. The van der Waals surface area contributed by atoms with Crippen LogP contribution < -0.4 is 5.32 Å². The largest absolute Gasteiger partial charge is 0.478 e. The zero-order valence-electron chi connectivity index (χ0n) is 10.9. The van der Waals surface area contributed by atoms with E-state index in [1.807, 2.05) is 0 Å². The highest BCUT2D eigenvalue weighted by Crippen LogP contribution is 2.25. The third-order valence-corrected chi connectivity index (χ3v) is 3.09. The van der Waals surface area contributed by atoms with Crippen molar-refractivity contribution >= 4 is 34.9 Å². The van der Waals surface area contributed by atoms with Crippen molar-refractivity contribution in [3.63, 3.8) is 0 Å². The number of nitrogens with zero attached hydrogens (tertiary/aromatic N) is 1. The number of amides is 1. The van der Waals surface area contributed by atoms with Gasteiger partial charge in [0.05, 0.1) is 10.5 Å². The minimum Gasteiger partial charge on any atom is -0.478 e. The van der Waals surface area contributed by atoms with Crippen molar-refractivity contribution in [3.8, 4) is 0 Å². The molecule has 2 rings (SSSR count). The van der Waals surface area contributed by atoms with E-state index in [1.54, 1.807) is 0 Å². The van der Waals surface area contributed by atoms with Gasteiger partial charge >= 0.3 is 5.97 Å². The third-order valence-electron chi connectivity index (χ3n) is 2.77. The molecule has 2 aromatic carbocycles. The SMILES string of the molecule is O=C(O)c1cccc(NC(=O)c2ccc(Cl)c([N+](=O)[O-])c2)c1. The summed E-state index contributed by atoms with van der Waals surface area (Å²) < 4.78 is 0. The predicted molar refractivity (Wildman–Crippen MR) is 79.5 cm³/mol. The Morgan fingerprint density at radius 3 is 2.50 bits per heavy atom. The van der Waals surface area contributed by atoms with Crippen LogP contribution in [0.3, 0.4) is 0 Å². The third kappa shape index (κ3) is 3.39. The summed E-state index contributed by atoms with van der Waals surface area (Å²) in [5, 5.41) is 22.1. The summed E-state index contributed by atoms with van der Waals surface area (Å²) in [6.07, 6.45) is 0. The molecule has 2 aromatic rings. The number of carbonyl (C=O) groups is 2. The summed E-state index contributed by atoms with van der Waals surface area (Å²) in [7, 11) is 0. The van der Waals surface area contributed by atoms with E-state index < -0.39 is 16.8 Å². The van der Waals surface area contributed by atoms with Crippen LogP contribution in [0.15, 0.2) is 42.5 Å². The van der Waals surface area contributed by atoms with Gasteiger partial charge in [0.1, 0.15) is 5.02 Å². The lowest BCUT2D eigenvalue weighted by atomic mass is 10.1. The number of carbonyl (C=O) groups excluding carboxylic acids is 1. The number of nitro groups is 1. The lowest BCUT2D eigenvalue weighted by molar-refractivity contribution is -0.384. The molecule has 0 aliphatic carbocycles. The fraction of sp³-hybridized carbons (Fsp3) is 0. The van der Waals surface area contributed by atoms with Crippen LogP contribution in [0, 0.1) is 10.1 Å². The van der Waals surface area contributed by atoms with Gasteiger partial charge in [0.15, 0.2) is 0 Å². The minimum absolute atomic E-state index is 0.0138. The highest BCUT2D eigenvalue weighted by Gasteiger charge is 2.16. The Bertz CT molecular complexity index is 776. The van der Waals surface area contributed by atoms with Crippen molar-refractivity contribution in [2.75, 3.05) is 5.32 Å². The molecule has 0 aliphatic heterocycles. The predicted octanol–water partition coefficient (Wildman–Crippen LogP) is 3.20. The first-order valence-electron chi connectivity index (χ1n) is 5.97. The van der Waals surface area contributed by atoms with E-state index in [1.165, 1.54) is 36.4 Å². The maximum Gasteiger partial charge on any atom is 0.335 e. The summed E-state index contributed by atoms with van der Waals surface area (Å²) in [6, 6.07) is 9.29. The molecule has 0 atom stereocenters. The van der Waals surface area contributed by atoms with Crippen molar-refractivity contribution in [2.24, 2.45) is 0 Å². The van der Waals surface area contributed by atoms with Gasteiger partial charge in [-0.05, 0) is 30.3 Å². The number of hydrogen-bond acceptors (Lipinski definition) is 4.